The van der Waals surface area contributed by atoms with Gasteiger partial charge in [0.2, 0.25) is 0 Å². The normalized spacial score (nSPS) is 12.6. The maximum atomic E-state index is 12.8. The molecule has 1 aromatic heterocycles. The number of carbonyl (C=O) groups excluding carboxylic acids is 1. The zero-order chi connectivity index (χ0) is 27.7. The number of aromatic nitrogens is 1. The molecule has 9 heteroatoms. The first-order valence-electron chi connectivity index (χ1n) is 12.4. The molecule has 0 spiro atoms. The predicted octanol–water partition coefficient (Wildman–Crippen LogP) is 7.44. The van der Waals surface area contributed by atoms with Crippen molar-refractivity contribution in [3.63, 3.8) is 0 Å². The van der Waals surface area contributed by atoms with Gasteiger partial charge in [0.05, 0.1) is 29.3 Å². The lowest BCUT2D eigenvalue weighted by atomic mass is 10.0. The Morgan fingerprint density at radius 1 is 1.08 bits per heavy atom. The Bertz CT molecular complexity index is 1240. The number of benzene rings is 2. The van der Waals surface area contributed by atoms with Crippen molar-refractivity contribution in [1.82, 2.24) is 4.98 Å². The minimum Gasteiger partial charge on any atom is -0.493 e. The number of aryl methyl sites for hydroxylation is 2. The van der Waals surface area contributed by atoms with Crippen LogP contribution in [0.5, 0.6) is 5.75 Å². The number of alkyl halides is 3. The van der Waals surface area contributed by atoms with Gasteiger partial charge in [-0.15, -0.1) is 11.3 Å². The molecule has 0 aliphatic heterocycles. The second-order valence-corrected chi connectivity index (χ2v) is 9.60. The lowest BCUT2D eigenvalue weighted by molar-refractivity contribution is -0.156. The predicted molar refractivity (Wildman–Crippen MR) is 143 cm³/mol. The number of nitrogens with zero attached hydrogens (tertiary/aromatic N) is 1. The molecule has 0 bridgehead atoms. The van der Waals surface area contributed by atoms with Crippen LogP contribution in [0.3, 0.4) is 0 Å². The van der Waals surface area contributed by atoms with Crippen LogP contribution in [0.1, 0.15) is 47.5 Å². The average Bonchev–Trinajstić information content (AvgIpc) is 3.25. The molecule has 1 unspecified atom stereocenters. The van der Waals surface area contributed by atoms with Gasteiger partial charge in [-0.3, -0.25) is 0 Å². The van der Waals surface area contributed by atoms with Crippen LogP contribution in [-0.2, 0) is 26.9 Å². The van der Waals surface area contributed by atoms with E-state index in [-0.39, 0.29) is 5.97 Å². The Morgan fingerprint density at radius 2 is 1.82 bits per heavy atom. The van der Waals surface area contributed by atoms with E-state index in [4.69, 9.17) is 14.2 Å². The minimum absolute atomic E-state index is 0.311. The van der Waals surface area contributed by atoms with Crippen molar-refractivity contribution in [2.24, 2.45) is 0 Å². The summed E-state index contributed by atoms with van der Waals surface area (Å²) in [5.74, 6) is 0.380. The zero-order valence-corrected chi connectivity index (χ0v) is 22.7. The van der Waals surface area contributed by atoms with Crippen LogP contribution in [0.15, 0.2) is 48.5 Å². The Kier molecular flexibility index (Phi) is 10.5. The van der Waals surface area contributed by atoms with Gasteiger partial charge < -0.3 is 14.2 Å². The smallest absolute Gasteiger partial charge is 0.416 e. The Hall–Kier alpha value is -3.17. The van der Waals surface area contributed by atoms with Crippen LogP contribution in [0.2, 0.25) is 0 Å². The fourth-order valence-electron chi connectivity index (χ4n) is 3.76. The Balaban J connectivity index is 1.53. The maximum absolute atomic E-state index is 12.8. The Labute approximate surface area is 225 Å². The highest BCUT2D eigenvalue weighted by Crippen LogP contribution is 2.33. The van der Waals surface area contributed by atoms with E-state index in [9.17, 15) is 18.0 Å². The van der Waals surface area contributed by atoms with Gasteiger partial charge in [-0.25, -0.2) is 9.78 Å². The van der Waals surface area contributed by atoms with Gasteiger partial charge in [0.25, 0.3) is 0 Å². The van der Waals surface area contributed by atoms with Crippen molar-refractivity contribution in [2.45, 2.75) is 52.8 Å². The summed E-state index contributed by atoms with van der Waals surface area (Å²) in [6.07, 6.45) is 0.0645. The van der Waals surface area contributed by atoms with Gasteiger partial charge >= 0.3 is 12.1 Å². The van der Waals surface area contributed by atoms with E-state index < -0.39 is 17.8 Å². The molecule has 2 aromatic carbocycles. The van der Waals surface area contributed by atoms with E-state index in [2.05, 4.69) is 4.98 Å². The van der Waals surface area contributed by atoms with Crippen molar-refractivity contribution in [1.29, 1.82) is 0 Å². The van der Waals surface area contributed by atoms with Gasteiger partial charge in [-0.05, 0) is 75.6 Å². The molecule has 3 rings (SSSR count). The lowest BCUT2D eigenvalue weighted by Crippen LogP contribution is -2.29. The first-order chi connectivity index (χ1) is 18.1. The van der Waals surface area contributed by atoms with Crippen molar-refractivity contribution in [3.05, 3.63) is 75.8 Å². The van der Waals surface area contributed by atoms with E-state index in [0.29, 0.717) is 43.2 Å². The second kappa shape index (κ2) is 13.6. The quantitative estimate of drug-likeness (QED) is 0.174. The number of hydrogen-bond donors (Lipinski definition) is 0. The topological polar surface area (TPSA) is 57.7 Å². The molecule has 3 aromatic rings. The summed E-state index contributed by atoms with van der Waals surface area (Å²) < 4.78 is 55.0. The Morgan fingerprint density at radius 3 is 2.45 bits per heavy atom. The number of halogens is 3. The third-order valence-electron chi connectivity index (χ3n) is 5.75. The fourth-order valence-corrected chi connectivity index (χ4v) is 4.76. The molecule has 0 aliphatic rings. The largest absolute Gasteiger partial charge is 0.493 e. The van der Waals surface area contributed by atoms with Crippen LogP contribution in [0, 0.1) is 13.8 Å². The van der Waals surface area contributed by atoms with Crippen molar-refractivity contribution >= 4 is 23.4 Å². The second-order valence-electron chi connectivity index (χ2n) is 8.57. The summed E-state index contributed by atoms with van der Waals surface area (Å²) in [5, 5.41) is 0.678. The summed E-state index contributed by atoms with van der Waals surface area (Å²) in [5.41, 5.74) is 2.80. The van der Waals surface area contributed by atoms with Crippen LogP contribution in [0.4, 0.5) is 13.2 Å². The third kappa shape index (κ3) is 8.16. The van der Waals surface area contributed by atoms with Gasteiger partial charge in [0, 0.05) is 18.6 Å². The molecule has 38 heavy (non-hydrogen) atoms. The first-order valence-corrected chi connectivity index (χ1v) is 13.3. The summed E-state index contributed by atoms with van der Waals surface area (Å²) in [7, 11) is 0. The number of hydrogen-bond acceptors (Lipinski definition) is 6. The van der Waals surface area contributed by atoms with Crippen molar-refractivity contribution in [2.75, 3.05) is 19.8 Å². The third-order valence-corrected chi connectivity index (χ3v) is 6.92. The monoisotopic (exact) mass is 547 g/mol. The van der Waals surface area contributed by atoms with Crippen molar-refractivity contribution in [3.8, 4) is 16.3 Å². The van der Waals surface area contributed by atoms with Gasteiger partial charge in [-0.1, -0.05) is 24.3 Å². The lowest BCUT2D eigenvalue weighted by Gasteiger charge is -2.17. The SMILES string of the molecule is CCOC(=O)C(Cc1ccc(OCCC=Cc2sc(-c3ccc(C(F)(F)F)cc3)nc2C)cc1C)OCC. The molecule has 0 N–H and O–H groups in total. The van der Waals surface area contributed by atoms with E-state index >= 15 is 0 Å². The number of carbonyl (C=O) groups is 1. The highest BCUT2D eigenvalue weighted by molar-refractivity contribution is 7.16. The van der Waals surface area contributed by atoms with E-state index in [1.807, 2.05) is 51.1 Å². The number of rotatable bonds is 12. The zero-order valence-electron chi connectivity index (χ0n) is 21.9. The average molecular weight is 548 g/mol. The molecule has 0 radical (unpaired) electrons. The maximum Gasteiger partial charge on any atom is 0.416 e. The fraction of sp³-hybridized carbons (Fsp3) is 0.379. The highest BCUT2D eigenvalue weighted by atomic mass is 32.1. The molecule has 0 aliphatic carbocycles. The van der Waals surface area contributed by atoms with Crippen LogP contribution in [-0.4, -0.2) is 36.9 Å². The standard InChI is InChI=1S/C29H32F3NO4S/c1-5-35-25(28(34)36-6-2)18-22-12-15-24(17-19(22)3)37-16-8-7-9-26-20(4)33-27(38-26)21-10-13-23(14-11-21)29(30,31)32/h7,9-15,17,25H,5-6,8,16,18H2,1-4H3. The van der Waals surface area contributed by atoms with Gasteiger partial charge in [0.1, 0.15) is 10.8 Å². The van der Waals surface area contributed by atoms with Crippen LogP contribution in [0.25, 0.3) is 16.6 Å². The van der Waals surface area contributed by atoms with Crippen LogP contribution >= 0.6 is 11.3 Å². The van der Waals surface area contributed by atoms with E-state index in [1.54, 1.807) is 6.92 Å². The number of esters is 1. The van der Waals surface area contributed by atoms with Crippen molar-refractivity contribution < 1.29 is 32.2 Å². The molecule has 0 saturated carbocycles. The first kappa shape index (κ1) is 29.4. The van der Waals surface area contributed by atoms with E-state index in [0.717, 1.165) is 39.6 Å². The summed E-state index contributed by atoms with van der Waals surface area (Å²) >= 11 is 1.43. The molecule has 0 amide bonds. The molecule has 0 saturated heterocycles. The summed E-state index contributed by atoms with van der Waals surface area (Å²) in [4.78, 5) is 17.6. The number of thiazole rings is 1. The van der Waals surface area contributed by atoms with Crippen LogP contribution < -0.4 is 4.74 Å². The molecule has 1 heterocycles. The molecular weight excluding hydrogens is 515 g/mol. The summed E-state index contributed by atoms with van der Waals surface area (Å²) in [6, 6.07) is 10.8. The summed E-state index contributed by atoms with van der Waals surface area (Å²) in [6.45, 7) is 8.68. The molecule has 204 valence electrons. The van der Waals surface area contributed by atoms with Gasteiger partial charge in [0.15, 0.2) is 6.10 Å². The molecular formula is C29H32F3NO4S. The molecule has 5 nitrogen and oxygen atoms in total. The number of ether oxygens (including phenoxy) is 3. The molecule has 0 fully saturated rings. The van der Waals surface area contributed by atoms with Gasteiger partial charge in [-0.2, -0.15) is 13.2 Å². The van der Waals surface area contributed by atoms with E-state index in [1.165, 1.54) is 23.5 Å². The molecule has 1 atom stereocenters. The minimum atomic E-state index is -4.36. The highest BCUT2D eigenvalue weighted by Gasteiger charge is 2.30.